The van der Waals surface area contributed by atoms with Crippen LogP contribution < -0.4 is 15.0 Å². The molecule has 10 heteroatoms. The van der Waals surface area contributed by atoms with E-state index in [0.717, 1.165) is 70.3 Å². The van der Waals surface area contributed by atoms with E-state index in [-0.39, 0.29) is 18.2 Å². The van der Waals surface area contributed by atoms with Crippen molar-refractivity contribution in [3.05, 3.63) is 11.3 Å². The molecule has 0 spiro atoms. The Hall–Kier alpha value is -2.17. The van der Waals surface area contributed by atoms with Crippen molar-refractivity contribution in [2.75, 3.05) is 64.0 Å². The number of aromatic nitrogens is 2. The van der Waals surface area contributed by atoms with Crippen molar-refractivity contribution in [1.82, 2.24) is 25.1 Å². The second-order valence-electron chi connectivity index (χ2n) is 10.8. The van der Waals surface area contributed by atoms with Gasteiger partial charge in [-0.25, -0.2) is 4.79 Å². The zero-order chi connectivity index (χ0) is 25.0. The van der Waals surface area contributed by atoms with Crippen molar-refractivity contribution in [2.24, 2.45) is 0 Å². The molecule has 1 aromatic rings. The highest BCUT2D eigenvalue weighted by Gasteiger charge is 2.37. The minimum atomic E-state index is -0.513. The Morgan fingerprint density at radius 3 is 2.54 bits per heavy atom. The van der Waals surface area contributed by atoms with Crippen LogP contribution in [0.2, 0.25) is 0 Å². The number of hydrogen-bond donors (Lipinski definition) is 1. The predicted molar refractivity (Wildman–Crippen MR) is 134 cm³/mol. The molecule has 3 aliphatic heterocycles. The number of hydrogen-bond acceptors (Lipinski definition) is 9. The molecule has 4 rings (SSSR count). The summed E-state index contributed by atoms with van der Waals surface area (Å²) in [5.41, 5.74) is 1.69. The van der Waals surface area contributed by atoms with Gasteiger partial charge in [-0.2, -0.15) is 9.97 Å². The van der Waals surface area contributed by atoms with Crippen LogP contribution in [0.1, 0.15) is 52.3 Å². The molecule has 1 amide bonds. The Morgan fingerprint density at radius 2 is 1.86 bits per heavy atom. The Kier molecular flexibility index (Phi) is 8.34. The van der Waals surface area contributed by atoms with Crippen molar-refractivity contribution in [3.8, 4) is 6.01 Å². The first-order chi connectivity index (χ1) is 16.7. The highest BCUT2D eigenvalue weighted by molar-refractivity contribution is 5.69. The average molecular weight is 491 g/mol. The molecule has 0 radical (unpaired) electrons. The quantitative estimate of drug-likeness (QED) is 0.602. The van der Waals surface area contributed by atoms with Crippen LogP contribution in [-0.4, -0.2) is 103 Å². The molecule has 1 aromatic heterocycles. The second kappa shape index (κ2) is 11.3. The monoisotopic (exact) mass is 490 g/mol. The number of carbonyl (C=O) groups is 1. The highest BCUT2D eigenvalue weighted by atomic mass is 16.6. The van der Waals surface area contributed by atoms with Gasteiger partial charge < -0.3 is 24.4 Å². The van der Waals surface area contributed by atoms with Gasteiger partial charge in [-0.15, -0.1) is 0 Å². The number of ether oxygens (including phenoxy) is 3. The number of fused-ring (bicyclic) bond motifs is 1. The van der Waals surface area contributed by atoms with Gasteiger partial charge >= 0.3 is 12.1 Å². The summed E-state index contributed by atoms with van der Waals surface area (Å²) in [5.74, 6) is 0.946. The first-order valence-corrected chi connectivity index (χ1v) is 13.0. The normalized spacial score (nSPS) is 23.7. The summed E-state index contributed by atoms with van der Waals surface area (Å²) < 4.78 is 17.1. The molecule has 35 heavy (non-hydrogen) atoms. The van der Waals surface area contributed by atoms with Gasteiger partial charge in [0, 0.05) is 44.8 Å². The molecule has 0 saturated carbocycles. The molecule has 0 bridgehead atoms. The van der Waals surface area contributed by atoms with E-state index in [9.17, 15) is 4.79 Å². The predicted octanol–water partition coefficient (Wildman–Crippen LogP) is 2.06. The van der Waals surface area contributed by atoms with Gasteiger partial charge in [0.05, 0.1) is 37.6 Å². The van der Waals surface area contributed by atoms with Crippen molar-refractivity contribution in [2.45, 2.75) is 71.7 Å². The molecule has 0 aromatic carbocycles. The zero-order valence-electron chi connectivity index (χ0n) is 22.0. The van der Waals surface area contributed by atoms with E-state index in [1.165, 1.54) is 5.56 Å². The van der Waals surface area contributed by atoms with Crippen molar-refractivity contribution in [1.29, 1.82) is 0 Å². The van der Waals surface area contributed by atoms with Crippen LogP contribution in [0.3, 0.4) is 0 Å². The summed E-state index contributed by atoms with van der Waals surface area (Å²) >= 11 is 0. The molecular formula is C25H42N6O4. The van der Waals surface area contributed by atoms with Crippen molar-refractivity contribution >= 4 is 11.9 Å². The van der Waals surface area contributed by atoms with Gasteiger partial charge in [-0.3, -0.25) is 9.80 Å². The van der Waals surface area contributed by atoms with E-state index >= 15 is 0 Å². The Bertz CT molecular complexity index is 858. The van der Waals surface area contributed by atoms with E-state index in [0.29, 0.717) is 25.7 Å². The Labute approximate surface area is 209 Å². The Morgan fingerprint density at radius 1 is 1.14 bits per heavy atom. The fourth-order valence-corrected chi connectivity index (χ4v) is 5.09. The lowest BCUT2D eigenvalue weighted by Gasteiger charge is -2.45. The van der Waals surface area contributed by atoms with Crippen molar-refractivity contribution < 1.29 is 19.0 Å². The third-order valence-corrected chi connectivity index (χ3v) is 6.67. The molecule has 2 fully saturated rings. The zero-order valence-corrected chi connectivity index (χ0v) is 22.0. The summed E-state index contributed by atoms with van der Waals surface area (Å²) in [7, 11) is 0. The smallest absolute Gasteiger partial charge is 0.410 e. The summed E-state index contributed by atoms with van der Waals surface area (Å²) in [5, 5.41) is 3.42. The average Bonchev–Trinajstić information content (AvgIpc) is 2.80. The van der Waals surface area contributed by atoms with Crippen LogP contribution >= 0.6 is 0 Å². The molecule has 3 aliphatic rings. The first-order valence-electron chi connectivity index (χ1n) is 13.0. The standard InChI is InChI=1S/C25H42N6O4/c1-18-16-30(17-19(2)31(18)24(32)35-25(3,4)5)22-20-7-8-26-15-21(20)27-23(28-22)34-12-6-9-29-10-13-33-14-11-29/h18-19,26H,6-17H2,1-5H3. The van der Waals surface area contributed by atoms with Crippen LogP contribution in [0.5, 0.6) is 6.01 Å². The number of rotatable bonds is 6. The molecule has 0 aliphatic carbocycles. The third kappa shape index (κ3) is 6.74. The largest absolute Gasteiger partial charge is 0.463 e. The van der Waals surface area contributed by atoms with Gasteiger partial charge in [-0.1, -0.05) is 0 Å². The maximum absolute atomic E-state index is 12.8. The van der Waals surface area contributed by atoms with E-state index in [1.807, 2.05) is 25.7 Å². The number of amides is 1. The maximum atomic E-state index is 12.8. The summed E-state index contributed by atoms with van der Waals surface area (Å²) in [6.45, 7) is 18.0. The summed E-state index contributed by atoms with van der Waals surface area (Å²) in [6.07, 6.45) is 1.56. The molecule has 2 unspecified atom stereocenters. The van der Waals surface area contributed by atoms with E-state index in [2.05, 4.69) is 29.0 Å². The van der Waals surface area contributed by atoms with Gasteiger partial charge in [0.15, 0.2) is 0 Å². The van der Waals surface area contributed by atoms with Crippen LogP contribution in [0.4, 0.5) is 10.6 Å². The van der Waals surface area contributed by atoms with Crippen LogP contribution in [0.15, 0.2) is 0 Å². The topological polar surface area (TPSA) is 92.3 Å². The fraction of sp³-hybridized carbons (Fsp3) is 0.800. The molecule has 196 valence electrons. The first kappa shape index (κ1) is 25.9. The van der Waals surface area contributed by atoms with Crippen LogP contribution in [-0.2, 0) is 22.4 Å². The lowest BCUT2D eigenvalue weighted by molar-refractivity contribution is 0.00557. The van der Waals surface area contributed by atoms with Crippen LogP contribution in [0.25, 0.3) is 0 Å². The minimum Gasteiger partial charge on any atom is -0.463 e. The molecular weight excluding hydrogens is 448 g/mol. The van der Waals surface area contributed by atoms with Gasteiger partial charge in [0.2, 0.25) is 0 Å². The molecule has 4 heterocycles. The van der Waals surface area contributed by atoms with E-state index in [4.69, 9.17) is 24.2 Å². The maximum Gasteiger partial charge on any atom is 0.410 e. The van der Waals surface area contributed by atoms with E-state index < -0.39 is 5.60 Å². The summed E-state index contributed by atoms with van der Waals surface area (Å²) in [4.78, 5) is 29.0. The number of carbonyl (C=O) groups excluding carboxylic acids is 1. The molecule has 10 nitrogen and oxygen atoms in total. The van der Waals surface area contributed by atoms with Gasteiger partial charge in [0.25, 0.3) is 0 Å². The number of nitrogens with zero attached hydrogens (tertiary/aromatic N) is 5. The van der Waals surface area contributed by atoms with Gasteiger partial charge in [0.1, 0.15) is 11.4 Å². The molecule has 2 atom stereocenters. The molecule has 2 saturated heterocycles. The van der Waals surface area contributed by atoms with Crippen LogP contribution in [0, 0.1) is 0 Å². The summed E-state index contributed by atoms with van der Waals surface area (Å²) in [6, 6.07) is 0.442. The molecule has 1 N–H and O–H groups in total. The minimum absolute atomic E-state index is 0.00109. The lowest BCUT2D eigenvalue weighted by atomic mass is 10.0. The van der Waals surface area contributed by atoms with E-state index in [1.54, 1.807) is 0 Å². The second-order valence-corrected chi connectivity index (χ2v) is 10.8. The van der Waals surface area contributed by atoms with Crippen molar-refractivity contribution in [3.63, 3.8) is 0 Å². The number of anilines is 1. The fourth-order valence-electron chi connectivity index (χ4n) is 5.09. The number of piperazine rings is 1. The lowest BCUT2D eigenvalue weighted by Crippen LogP contribution is -2.59. The Balaban J connectivity index is 1.44. The SMILES string of the molecule is CC1CN(c2nc(OCCCN3CCOCC3)nc3c2CCNC3)CC(C)N1C(=O)OC(C)(C)C. The number of morpholine rings is 1. The van der Waals surface area contributed by atoms with Gasteiger partial charge in [-0.05, 0) is 54.0 Å². The number of nitrogens with one attached hydrogen (secondary N) is 1. The highest BCUT2D eigenvalue weighted by Crippen LogP contribution is 2.30. The third-order valence-electron chi connectivity index (χ3n) is 6.67.